The van der Waals surface area contributed by atoms with Crippen LogP contribution in [-0.2, 0) is 11.2 Å². The Balaban J connectivity index is 2.35. The quantitative estimate of drug-likeness (QED) is 0.774. The Kier molecular flexibility index (Phi) is 4.42. The Hall–Kier alpha value is -1.94. The highest BCUT2D eigenvalue weighted by molar-refractivity contribution is 7.09. The topological polar surface area (TPSA) is 103 Å². The van der Waals surface area contributed by atoms with E-state index in [2.05, 4.69) is 10.3 Å². The molecule has 1 rings (SSSR count). The number of carboxylic acids is 1. The Labute approximate surface area is 95.5 Å². The highest BCUT2D eigenvalue weighted by atomic mass is 32.1. The third-order valence-corrected chi connectivity index (χ3v) is 2.58. The van der Waals surface area contributed by atoms with Crippen molar-refractivity contribution in [1.82, 2.24) is 10.3 Å². The Morgan fingerprint density at radius 3 is 2.94 bits per heavy atom. The van der Waals surface area contributed by atoms with Crippen molar-refractivity contribution in [3.8, 4) is 6.07 Å². The smallest absolute Gasteiger partial charge is 0.355 e. The predicted molar refractivity (Wildman–Crippen MR) is 56.0 cm³/mol. The van der Waals surface area contributed by atoms with Gasteiger partial charge in [-0.1, -0.05) is 0 Å². The van der Waals surface area contributed by atoms with Crippen molar-refractivity contribution in [2.75, 3.05) is 6.54 Å². The van der Waals surface area contributed by atoms with E-state index in [1.165, 1.54) is 16.7 Å². The van der Waals surface area contributed by atoms with Gasteiger partial charge in [0.1, 0.15) is 6.42 Å². The predicted octanol–water partition coefficient (Wildman–Crippen LogP) is 0.414. The van der Waals surface area contributed by atoms with Gasteiger partial charge in [-0.15, -0.1) is 11.3 Å². The van der Waals surface area contributed by atoms with Crippen molar-refractivity contribution < 1.29 is 14.7 Å². The molecular weight excluding hydrogens is 230 g/mol. The molecule has 0 fully saturated rings. The van der Waals surface area contributed by atoms with Crippen LogP contribution in [0.25, 0.3) is 0 Å². The molecule has 1 heterocycles. The van der Waals surface area contributed by atoms with Gasteiger partial charge >= 0.3 is 5.97 Å². The summed E-state index contributed by atoms with van der Waals surface area (Å²) in [5, 5.41) is 21.5. The monoisotopic (exact) mass is 239 g/mol. The SMILES string of the molecule is N#CCC(=O)NCCc1nc(C(=O)O)cs1. The van der Waals surface area contributed by atoms with Gasteiger partial charge in [0.25, 0.3) is 0 Å². The second-order valence-corrected chi connectivity index (χ2v) is 3.81. The van der Waals surface area contributed by atoms with Crippen molar-refractivity contribution in [3.05, 3.63) is 16.1 Å². The van der Waals surface area contributed by atoms with Crippen LogP contribution in [0.15, 0.2) is 5.38 Å². The van der Waals surface area contributed by atoms with Crippen LogP contribution in [0, 0.1) is 11.3 Å². The fraction of sp³-hybridized carbons (Fsp3) is 0.333. The van der Waals surface area contributed by atoms with Gasteiger partial charge in [-0.2, -0.15) is 5.26 Å². The Morgan fingerprint density at radius 2 is 2.38 bits per heavy atom. The number of amides is 1. The molecule has 16 heavy (non-hydrogen) atoms. The van der Waals surface area contributed by atoms with Crippen molar-refractivity contribution in [2.45, 2.75) is 12.8 Å². The van der Waals surface area contributed by atoms with Gasteiger partial charge in [-0.05, 0) is 0 Å². The van der Waals surface area contributed by atoms with E-state index >= 15 is 0 Å². The standard InChI is InChI=1S/C9H9N3O3S/c10-3-1-7(13)11-4-2-8-12-6(5-16-8)9(14)15/h5H,1-2,4H2,(H,11,13)(H,14,15). The highest BCUT2D eigenvalue weighted by Crippen LogP contribution is 2.09. The van der Waals surface area contributed by atoms with Crippen LogP contribution in [0.2, 0.25) is 0 Å². The number of carboxylic acid groups (broad SMARTS) is 1. The summed E-state index contributed by atoms with van der Waals surface area (Å²) in [4.78, 5) is 25.3. The average Bonchev–Trinajstić information content (AvgIpc) is 2.67. The van der Waals surface area contributed by atoms with Crippen LogP contribution >= 0.6 is 11.3 Å². The van der Waals surface area contributed by atoms with Crippen LogP contribution in [0.4, 0.5) is 0 Å². The number of thiazole rings is 1. The summed E-state index contributed by atoms with van der Waals surface area (Å²) in [5.41, 5.74) is 0.0170. The summed E-state index contributed by atoms with van der Waals surface area (Å²) < 4.78 is 0. The molecule has 0 saturated carbocycles. The molecule has 0 aliphatic carbocycles. The number of carbonyl (C=O) groups is 2. The lowest BCUT2D eigenvalue weighted by molar-refractivity contribution is -0.120. The van der Waals surface area contributed by atoms with Crippen LogP contribution in [0.3, 0.4) is 0 Å². The van der Waals surface area contributed by atoms with Crippen molar-refractivity contribution in [1.29, 1.82) is 5.26 Å². The number of carbonyl (C=O) groups excluding carboxylic acids is 1. The first-order valence-corrected chi connectivity index (χ1v) is 5.33. The molecule has 7 heteroatoms. The van der Waals surface area contributed by atoms with E-state index in [9.17, 15) is 9.59 Å². The summed E-state index contributed by atoms with van der Waals surface area (Å²) >= 11 is 1.23. The molecule has 1 aromatic rings. The van der Waals surface area contributed by atoms with Crippen LogP contribution in [-0.4, -0.2) is 28.5 Å². The average molecular weight is 239 g/mol. The van der Waals surface area contributed by atoms with Crippen LogP contribution in [0.5, 0.6) is 0 Å². The highest BCUT2D eigenvalue weighted by Gasteiger charge is 2.08. The number of rotatable bonds is 5. The van der Waals surface area contributed by atoms with Gasteiger partial charge in [0, 0.05) is 18.3 Å². The first kappa shape index (κ1) is 12.1. The molecule has 84 valence electrons. The number of aromatic nitrogens is 1. The van der Waals surface area contributed by atoms with Gasteiger partial charge in [0.05, 0.1) is 11.1 Å². The summed E-state index contributed by atoms with van der Waals surface area (Å²) in [6.45, 7) is 0.354. The lowest BCUT2D eigenvalue weighted by Crippen LogP contribution is -2.24. The molecule has 0 aromatic carbocycles. The zero-order valence-corrected chi connectivity index (χ0v) is 9.08. The minimum absolute atomic E-state index is 0.0170. The lowest BCUT2D eigenvalue weighted by Gasteiger charge is -1.99. The summed E-state index contributed by atoms with van der Waals surface area (Å²) in [5.74, 6) is -1.39. The van der Waals surface area contributed by atoms with Gasteiger partial charge in [0.2, 0.25) is 5.91 Å². The number of nitrogens with zero attached hydrogens (tertiary/aromatic N) is 2. The maximum atomic E-state index is 10.9. The maximum absolute atomic E-state index is 10.9. The number of hydrogen-bond acceptors (Lipinski definition) is 5. The van der Waals surface area contributed by atoms with Crippen LogP contribution < -0.4 is 5.32 Å². The number of nitriles is 1. The van der Waals surface area contributed by atoms with E-state index < -0.39 is 5.97 Å². The van der Waals surface area contributed by atoms with Gasteiger partial charge in [0.15, 0.2) is 5.69 Å². The lowest BCUT2D eigenvalue weighted by atomic mass is 10.4. The molecule has 1 aromatic heterocycles. The van der Waals surface area contributed by atoms with Crippen molar-refractivity contribution in [3.63, 3.8) is 0 Å². The van der Waals surface area contributed by atoms with Crippen LogP contribution in [0.1, 0.15) is 21.9 Å². The zero-order chi connectivity index (χ0) is 12.0. The van der Waals surface area contributed by atoms with Gasteiger partial charge in [-0.3, -0.25) is 4.79 Å². The van der Waals surface area contributed by atoms with E-state index in [1.54, 1.807) is 6.07 Å². The molecule has 0 unspecified atom stereocenters. The summed E-state index contributed by atoms with van der Waals surface area (Å²) in [6, 6.07) is 1.73. The third kappa shape index (κ3) is 3.67. The molecule has 2 N–H and O–H groups in total. The molecule has 1 amide bonds. The minimum Gasteiger partial charge on any atom is -0.476 e. The second-order valence-electron chi connectivity index (χ2n) is 2.87. The van der Waals surface area contributed by atoms with Crippen molar-refractivity contribution >= 4 is 23.2 Å². The molecule has 6 nitrogen and oxygen atoms in total. The number of nitrogens with one attached hydrogen (secondary N) is 1. The molecule has 0 spiro atoms. The summed E-state index contributed by atoms with van der Waals surface area (Å²) in [7, 11) is 0. The second kappa shape index (κ2) is 5.82. The third-order valence-electron chi connectivity index (χ3n) is 1.67. The van der Waals surface area contributed by atoms with Gasteiger partial charge in [-0.25, -0.2) is 9.78 Å². The van der Waals surface area contributed by atoms with E-state index in [4.69, 9.17) is 10.4 Å². The van der Waals surface area contributed by atoms with E-state index in [0.717, 1.165) is 0 Å². The van der Waals surface area contributed by atoms with Gasteiger partial charge < -0.3 is 10.4 Å². The molecule has 0 aliphatic rings. The number of hydrogen-bond donors (Lipinski definition) is 2. The first-order chi connectivity index (χ1) is 7.63. The fourth-order valence-electron chi connectivity index (χ4n) is 0.967. The molecule has 0 aliphatic heterocycles. The first-order valence-electron chi connectivity index (χ1n) is 4.45. The normalized spacial score (nSPS) is 9.44. The minimum atomic E-state index is -1.06. The Morgan fingerprint density at radius 1 is 1.62 bits per heavy atom. The molecule has 0 radical (unpaired) electrons. The maximum Gasteiger partial charge on any atom is 0.355 e. The molecule has 0 bridgehead atoms. The molecule has 0 saturated heterocycles. The van der Waals surface area contributed by atoms with E-state index in [1.807, 2.05) is 0 Å². The Bertz CT molecular complexity index is 435. The van der Waals surface area contributed by atoms with Crippen molar-refractivity contribution in [2.24, 2.45) is 0 Å². The molecule has 0 atom stereocenters. The largest absolute Gasteiger partial charge is 0.476 e. The molecular formula is C9H9N3O3S. The zero-order valence-electron chi connectivity index (χ0n) is 8.27. The number of aromatic carboxylic acids is 1. The summed E-state index contributed by atoms with van der Waals surface area (Å²) in [6.07, 6.45) is 0.299. The fourth-order valence-corrected chi connectivity index (χ4v) is 1.74. The van der Waals surface area contributed by atoms with E-state index in [-0.39, 0.29) is 18.0 Å². The van der Waals surface area contributed by atoms with E-state index in [0.29, 0.717) is 18.0 Å².